The first-order valence-corrected chi connectivity index (χ1v) is 10.6. The van der Waals surface area contributed by atoms with Gasteiger partial charge in [-0.05, 0) is 31.7 Å². The molecule has 0 spiro atoms. The van der Waals surface area contributed by atoms with E-state index in [9.17, 15) is 32.7 Å². The molecule has 2 rings (SSSR count). The zero-order valence-electron chi connectivity index (χ0n) is 18.9. The summed E-state index contributed by atoms with van der Waals surface area (Å²) in [4.78, 5) is 43.3. The van der Waals surface area contributed by atoms with Crippen molar-refractivity contribution in [3.63, 3.8) is 0 Å². The third-order valence-electron chi connectivity index (χ3n) is 5.07. The Morgan fingerprint density at radius 3 is 2.59 bits per heavy atom. The van der Waals surface area contributed by atoms with Crippen molar-refractivity contribution in [2.24, 2.45) is 4.99 Å². The summed E-state index contributed by atoms with van der Waals surface area (Å²) in [6.45, 7) is 6.14. The van der Waals surface area contributed by atoms with Gasteiger partial charge in [-0.15, -0.1) is 0 Å². The first-order chi connectivity index (χ1) is 16.0. The van der Waals surface area contributed by atoms with E-state index in [-0.39, 0.29) is 19.0 Å². The molecular weight excluding hydrogens is 453 g/mol. The van der Waals surface area contributed by atoms with Crippen LogP contribution in [0.4, 0.5) is 13.2 Å². The summed E-state index contributed by atoms with van der Waals surface area (Å²) in [5.41, 5.74) is 1.61. The van der Waals surface area contributed by atoms with Crippen LogP contribution in [0.5, 0.6) is 0 Å². The van der Waals surface area contributed by atoms with Crippen molar-refractivity contribution in [2.45, 2.75) is 44.9 Å². The monoisotopic (exact) mass is 480 g/mol. The van der Waals surface area contributed by atoms with Gasteiger partial charge < -0.3 is 15.7 Å². The topological polar surface area (TPSA) is 111 Å². The van der Waals surface area contributed by atoms with E-state index in [0.29, 0.717) is 16.7 Å². The molecule has 0 bridgehead atoms. The Labute approximate surface area is 195 Å². The number of aliphatic imine (C=N–C) groups is 1. The minimum absolute atomic E-state index is 0.113. The Balaban J connectivity index is 2.36. The Morgan fingerprint density at radius 1 is 1.32 bits per heavy atom. The average Bonchev–Trinajstić information content (AvgIpc) is 2.87. The van der Waals surface area contributed by atoms with Crippen LogP contribution < -0.4 is 10.6 Å². The molecule has 1 heterocycles. The van der Waals surface area contributed by atoms with Gasteiger partial charge in [0, 0.05) is 12.0 Å². The predicted molar refractivity (Wildman–Crippen MR) is 120 cm³/mol. The highest BCUT2D eigenvalue weighted by Gasteiger charge is 2.36. The highest BCUT2D eigenvalue weighted by molar-refractivity contribution is 5.97. The number of benzene rings is 1. The largest absolute Gasteiger partial charge is 0.395 e. The average molecular weight is 480 g/mol. The number of fused-ring (bicyclic) bond motifs is 1. The van der Waals surface area contributed by atoms with Crippen molar-refractivity contribution in [1.82, 2.24) is 15.5 Å². The smallest absolute Gasteiger partial charge is 0.389 e. The summed E-state index contributed by atoms with van der Waals surface area (Å²) in [6, 6.07) is 4.42. The summed E-state index contributed by atoms with van der Waals surface area (Å²) >= 11 is 0. The van der Waals surface area contributed by atoms with Crippen LogP contribution in [-0.4, -0.2) is 59.8 Å². The van der Waals surface area contributed by atoms with Gasteiger partial charge in [0.15, 0.2) is 0 Å². The van der Waals surface area contributed by atoms with Crippen LogP contribution >= 0.6 is 0 Å². The van der Waals surface area contributed by atoms with Crippen molar-refractivity contribution in [1.29, 1.82) is 0 Å². The van der Waals surface area contributed by atoms with E-state index in [1.165, 1.54) is 11.8 Å². The molecule has 1 aliphatic rings. The maximum Gasteiger partial charge on any atom is 0.389 e. The number of carbonyl (C=O) groups excluding carboxylic acids is 3. The van der Waals surface area contributed by atoms with Gasteiger partial charge >= 0.3 is 6.18 Å². The van der Waals surface area contributed by atoms with Crippen LogP contribution in [-0.2, 0) is 14.4 Å². The molecule has 0 aliphatic carbocycles. The number of rotatable bonds is 9. The zero-order valence-corrected chi connectivity index (χ0v) is 18.9. The van der Waals surface area contributed by atoms with Gasteiger partial charge in [0.25, 0.3) is 5.91 Å². The highest BCUT2D eigenvalue weighted by Crippen LogP contribution is 2.35. The summed E-state index contributed by atoms with van der Waals surface area (Å²) in [5.74, 6) is -2.09. The van der Waals surface area contributed by atoms with Gasteiger partial charge in [0.2, 0.25) is 11.8 Å². The Hall–Kier alpha value is -3.47. The zero-order chi connectivity index (χ0) is 25.5. The molecule has 0 saturated carbocycles. The highest BCUT2D eigenvalue weighted by atomic mass is 19.4. The normalized spacial score (nSPS) is 17.3. The molecule has 3 amide bonds. The van der Waals surface area contributed by atoms with Crippen molar-refractivity contribution >= 4 is 30.0 Å². The van der Waals surface area contributed by atoms with E-state index in [2.05, 4.69) is 22.3 Å². The van der Waals surface area contributed by atoms with Gasteiger partial charge in [-0.2, -0.15) is 13.2 Å². The predicted octanol–water partition coefficient (Wildman–Crippen LogP) is 2.47. The minimum atomic E-state index is -4.50. The summed E-state index contributed by atoms with van der Waals surface area (Å²) < 4.78 is 37.1. The van der Waals surface area contributed by atoms with Crippen LogP contribution in [0, 0.1) is 0 Å². The van der Waals surface area contributed by atoms with Crippen molar-refractivity contribution < 1.29 is 32.7 Å². The lowest BCUT2D eigenvalue weighted by Crippen LogP contribution is -2.49. The second kappa shape index (κ2) is 11.6. The lowest BCUT2D eigenvalue weighted by atomic mass is 9.95. The first kappa shape index (κ1) is 26.8. The quantitative estimate of drug-likeness (QED) is 0.472. The van der Waals surface area contributed by atoms with Crippen molar-refractivity contribution in [2.75, 3.05) is 13.2 Å². The van der Waals surface area contributed by atoms with Crippen LogP contribution in [0.1, 0.15) is 43.9 Å². The van der Waals surface area contributed by atoms with Gasteiger partial charge in [-0.3, -0.25) is 19.3 Å². The maximum absolute atomic E-state index is 13.5. The SMILES string of the molecule is C=NC1=C(/C=C\C)c2ccccc2[C@H](NC(=O)[C@H](C)NC(=O)CCC(F)(F)F)C(=O)N1CCO. The number of carbonyl (C=O) groups is 3. The van der Waals surface area contributed by atoms with Crippen LogP contribution in [0.25, 0.3) is 5.57 Å². The standard InChI is InChI=1S/C23H27F3N4O4/c1-4-7-17-15-8-5-6-9-16(15)19(22(34)30(12-13-31)20(17)27-3)29-21(33)14(2)28-18(32)10-11-23(24,25)26/h4-9,14,19,31H,3,10-13H2,1-2H3,(H,28,32)(H,29,33)/b7-4-/t14-,19-/m0/s1. The van der Waals surface area contributed by atoms with E-state index >= 15 is 0 Å². The fourth-order valence-electron chi connectivity index (χ4n) is 3.51. The molecule has 0 unspecified atom stereocenters. The number of β-amino-alcohol motifs (C(OH)–C–C–N with tert-alkyl or cyclic N) is 1. The van der Waals surface area contributed by atoms with E-state index in [1.54, 1.807) is 43.3 Å². The molecule has 0 aromatic heterocycles. The molecule has 2 atom stereocenters. The maximum atomic E-state index is 13.5. The number of hydrogen-bond donors (Lipinski definition) is 3. The van der Waals surface area contributed by atoms with Gasteiger partial charge in [-0.25, -0.2) is 4.99 Å². The Kier molecular flexibility index (Phi) is 9.13. The van der Waals surface area contributed by atoms with E-state index in [1.807, 2.05) is 0 Å². The van der Waals surface area contributed by atoms with E-state index in [4.69, 9.17) is 0 Å². The van der Waals surface area contributed by atoms with Gasteiger partial charge in [0.1, 0.15) is 17.9 Å². The number of aliphatic hydroxyl groups excluding tert-OH is 1. The summed E-state index contributed by atoms with van der Waals surface area (Å²) in [5, 5.41) is 14.3. The Morgan fingerprint density at radius 2 is 2.00 bits per heavy atom. The number of nitrogens with zero attached hydrogens (tertiary/aromatic N) is 2. The molecule has 1 aromatic rings. The molecule has 8 nitrogen and oxygen atoms in total. The second-order valence-electron chi connectivity index (χ2n) is 7.54. The fourth-order valence-corrected chi connectivity index (χ4v) is 3.51. The summed E-state index contributed by atoms with van der Waals surface area (Å²) in [7, 11) is 0. The van der Waals surface area contributed by atoms with Gasteiger partial charge in [-0.1, -0.05) is 36.4 Å². The van der Waals surface area contributed by atoms with Gasteiger partial charge in [0.05, 0.1) is 19.6 Å². The molecule has 0 fully saturated rings. The lowest BCUT2D eigenvalue weighted by molar-refractivity contribution is -0.145. The lowest BCUT2D eigenvalue weighted by Gasteiger charge is -2.26. The second-order valence-corrected chi connectivity index (χ2v) is 7.54. The third-order valence-corrected chi connectivity index (χ3v) is 5.07. The van der Waals surface area contributed by atoms with Crippen LogP contribution in [0.3, 0.4) is 0 Å². The van der Waals surface area contributed by atoms with E-state index < -0.39 is 48.8 Å². The number of amides is 3. The number of halogens is 3. The molecule has 0 radical (unpaired) electrons. The molecule has 184 valence electrons. The molecule has 0 saturated heterocycles. The minimum Gasteiger partial charge on any atom is -0.395 e. The van der Waals surface area contributed by atoms with Crippen molar-refractivity contribution in [3.05, 3.63) is 53.4 Å². The first-order valence-electron chi connectivity index (χ1n) is 10.6. The third kappa shape index (κ3) is 6.53. The number of allylic oxidation sites excluding steroid dienone is 3. The molecule has 1 aromatic carbocycles. The molecule has 3 N–H and O–H groups in total. The Bertz CT molecular complexity index is 1000. The molecule has 34 heavy (non-hydrogen) atoms. The van der Waals surface area contributed by atoms with E-state index in [0.717, 1.165) is 0 Å². The van der Waals surface area contributed by atoms with Crippen LogP contribution in [0.2, 0.25) is 0 Å². The molecule has 11 heteroatoms. The number of nitrogens with one attached hydrogen (secondary N) is 2. The van der Waals surface area contributed by atoms with Crippen LogP contribution in [0.15, 0.2) is 47.2 Å². The van der Waals surface area contributed by atoms with Crippen molar-refractivity contribution in [3.8, 4) is 0 Å². The fraction of sp³-hybridized carbons (Fsp3) is 0.391. The summed E-state index contributed by atoms with van der Waals surface area (Å²) in [6.07, 6.45) is -3.15. The number of aliphatic hydroxyl groups is 1. The molecule has 1 aliphatic heterocycles. The molecular formula is C23H27F3N4O4. The number of alkyl halides is 3. The number of hydrogen-bond acceptors (Lipinski definition) is 5.